The van der Waals surface area contributed by atoms with Crippen LogP contribution in [0.5, 0.6) is 0 Å². The Morgan fingerprint density at radius 3 is 2.75 bits per heavy atom. The first-order chi connectivity index (χ1) is 9.66. The number of H-pyrrole nitrogens is 1. The average Bonchev–Trinajstić information content (AvgIpc) is 2.98. The minimum atomic E-state index is -0.127. The van der Waals surface area contributed by atoms with E-state index in [4.69, 9.17) is 0 Å². The summed E-state index contributed by atoms with van der Waals surface area (Å²) in [5.74, 6) is 0.0545. The Morgan fingerprint density at radius 2 is 2.00 bits per heavy atom. The lowest BCUT2D eigenvalue weighted by molar-refractivity contribution is 0.0997. The zero-order chi connectivity index (χ0) is 14.1. The molecule has 3 rings (SSSR count). The van der Waals surface area contributed by atoms with Crippen LogP contribution >= 0.6 is 11.3 Å². The van der Waals surface area contributed by atoms with E-state index in [0.717, 1.165) is 21.3 Å². The molecule has 1 aromatic carbocycles. The maximum Gasteiger partial charge on any atom is 0.251 e. The van der Waals surface area contributed by atoms with Gasteiger partial charge in [-0.1, -0.05) is 24.3 Å². The van der Waals surface area contributed by atoms with Gasteiger partial charge < -0.3 is 4.98 Å². The molecule has 1 N–H and O–H groups in total. The zero-order valence-corrected chi connectivity index (χ0v) is 11.8. The summed E-state index contributed by atoms with van der Waals surface area (Å²) in [6.07, 6.45) is 0.261. The van der Waals surface area contributed by atoms with Crippen molar-refractivity contribution in [3.63, 3.8) is 0 Å². The summed E-state index contributed by atoms with van der Waals surface area (Å²) in [4.78, 5) is 27.8. The summed E-state index contributed by atoms with van der Waals surface area (Å²) in [7, 11) is 0. The monoisotopic (exact) mass is 283 g/mol. The van der Waals surface area contributed by atoms with Crippen molar-refractivity contribution in [1.29, 1.82) is 0 Å². The lowest BCUT2D eigenvalue weighted by atomic mass is 9.99. The highest BCUT2D eigenvalue weighted by atomic mass is 32.1. The predicted octanol–water partition coefficient (Wildman–Crippen LogP) is 3.32. The number of carbonyl (C=O) groups is 1. The van der Waals surface area contributed by atoms with E-state index in [9.17, 15) is 9.59 Å². The van der Waals surface area contributed by atoms with Gasteiger partial charge in [-0.3, -0.25) is 9.59 Å². The molecule has 0 spiro atoms. The molecule has 0 fully saturated rings. The van der Waals surface area contributed by atoms with E-state index >= 15 is 0 Å². The fourth-order valence-electron chi connectivity index (χ4n) is 2.32. The number of nitrogens with one attached hydrogen (secondary N) is 1. The molecule has 4 heteroatoms. The molecule has 0 atom stereocenters. The third-order valence-electron chi connectivity index (χ3n) is 3.43. The highest BCUT2D eigenvalue weighted by Gasteiger charge is 2.14. The largest absolute Gasteiger partial charge is 0.322 e. The van der Waals surface area contributed by atoms with Gasteiger partial charge in [0.2, 0.25) is 0 Å². The third-order valence-corrected chi connectivity index (χ3v) is 4.34. The lowest BCUT2D eigenvalue weighted by Gasteiger charge is -2.08. The molecule has 0 aliphatic heterocycles. The third kappa shape index (κ3) is 2.18. The van der Waals surface area contributed by atoms with E-state index in [1.165, 1.54) is 11.3 Å². The molecule has 0 aliphatic carbocycles. The fraction of sp³-hybridized carbons (Fsp3) is 0.125. The number of carbonyl (C=O) groups excluding carboxylic acids is 1. The SMILES string of the molecule is Cc1c(CC(=O)c2cccs2)c2ccccc2[nH]c1=O. The van der Waals surface area contributed by atoms with Gasteiger partial charge in [0.1, 0.15) is 0 Å². The second kappa shape index (κ2) is 5.06. The molecule has 0 saturated carbocycles. The zero-order valence-electron chi connectivity index (χ0n) is 11.0. The van der Waals surface area contributed by atoms with E-state index < -0.39 is 0 Å². The van der Waals surface area contributed by atoms with Crippen LogP contribution in [0.1, 0.15) is 20.8 Å². The van der Waals surface area contributed by atoms with E-state index in [2.05, 4.69) is 4.98 Å². The molecule has 2 aromatic heterocycles. The first-order valence-corrected chi connectivity index (χ1v) is 7.22. The number of aromatic nitrogens is 1. The van der Waals surface area contributed by atoms with Gasteiger partial charge in [-0.2, -0.15) is 0 Å². The number of hydrogen-bond acceptors (Lipinski definition) is 3. The first-order valence-electron chi connectivity index (χ1n) is 6.34. The summed E-state index contributed by atoms with van der Waals surface area (Å²) in [5, 5.41) is 2.82. The lowest BCUT2D eigenvalue weighted by Crippen LogP contribution is -2.15. The smallest absolute Gasteiger partial charge is 0.251 e. The molecule has 2 heterocycles. The first kappa shape index (κ1) is 12.8. The minimum absolute atomic E-state index is 0.0545. The number of rotatable bonds is 3. The maximum atomic E-state index is 12.3. The van der Waals surface area contributed by atoms with Crippen molar-refractivity contribution in [2.24, 2.45) is 0 Å². The van der Waals surface area contributed by atoms with Crippen molar-refractivity contribution < 1.29 is 4.79 Å². The van der Waals surface area contributed by atoms with Crippen molar-refractivity contribution in [1.82, 2.24) is 4.98 Å². The van der Waals surface area contributed by atoms with Crippen LogP contribution in [0.4, 0.5) is 0 Å². The van der Waals surface area contributed by atoms with Crippen LogP contribution in [0.25, 0.3) is 10.9 Å². The molecule has 0 amide bonds. The van der Waals surface area contributed by atoms with E-state index in [1.54, 1.807) is 6.92 Å². The molecule has 20 heavy (non-hydrogen) atoms. The Balaban J connectivity index is 2.13. The number of fused-ring (bicyclic) bond motifs is 1. The van der Waals surface area contributed by atoms with Gasteiger partial charge in [-0.25, -0.2) is 0 Å². The Hall–Kier alpha value is -2.20. The van der Waals surface area contributed by atoms with Crippen molar-refractivity contribution in [2.75, 3.05) is 0 Å². The van der Waals surface area contributed by atoms with Crippen LogP contribution in [0, 0.1) is 6.92 Å². The minimum Gasteiger partial charge on any atom is -0.322 e. The van der Waals surface area contributed by atoms with Gasteiger partial charge in [0.15, 0.2) is 5.78 Å². The Morgan fingerprint density at radius 1 is 1.20 bits per heavy atom. The van der Waals surface area contributed by atoms with Crippen molar-refractivity contribution >= 4 is 28.0 Å². The second-order valence-electron chi connectivity index (χ2n) is 4.68. The summed E-state index contributed by atoms with van der Waals surface area (Å²) in [6, 6.07) is 11.3. The Bertz CT molecular complexity index is 831. The Labute approximate surface area is 119 Å². The maximum absolute atomic E-state index is 12.3. The number of thiophene rings is 1. The van der Waals surface area contributed by atoms with Gasteiger partial charge in [0.05, 0.1) is 4.88 Å². The summed E-state index contributed by atoms with van der Waals surface area (Å²) >= 11 is 1.43. The molecule has 3 nitrogen and oxygen atoms in total. The summed E-state index contributed by atoms with van der Waals surface area (Å²) < 4.78 is 0. The Kier molecular flexibility index (Phi) is 3.24. The normalized spacial score (nSPS) is 10.8. The van der Waals surface area contributed by atoms with E-state index in [1.807, 2.05) is 41.8 Å². The van der Waals surface area contributed by atoms with Crippen molar-refractivity contribution in [3.8, 4) is 0 Å². The molecular formula is C16H13NO2S. The quantitative estimate of drug-likeness (QED) is 0.750. The number of pyridine rings is 1. The van der Waals surface area contributed by atoms with Gasteiger partial charge >= 0.3 is 0 Å². The number of hydrogen-bond donors (Lipinski definition) is 1. The molecule has 0 aliphatic rings. The number of para-hydroxylation sites is 1. The summed E-state index contributed by atoms with van der Waals surface area (Å²) in [6.45, 7) is 1.77. The average molecular weight is 283 g/mol. The van der Waals surface area contributed by atoms with Gasteiger partial charge in [0, 0.05) is 22.9 Å². The fourth-order valence-corrected chi connectivity index (χ4v) is 2.99. The molecule has 100 valence electrons. The van der Waals surface area contributed by atoms with Crippen LogP contribution in [0.2, 0.25) is 0 Å². The van der Waals surface area contributed by atoms with E-state index in [0.29, 0.717) is 5.56 Å². The molecule has 0 radical (unpaired) electrons. The number of ketones is 1. The number of aromatic amines is 1. The van der Waals surface area contributed by atoms with E-state index in [-0.39, 0.29) is 17.8 Å². The molecule has 0 unspecified atom stereocenters. The van der Waals surface area contributed by atoms with Gasteiger partial charge in [-0.15, -0.1) is 11.3 Å². The second-order valence-corrected chi connectivity index (χ2v) is 5.63. The van der Waals surface area contributed by atoms with Crippen molar-refractivity contribution in [3.05, 3.63) is 68.1 Å². The molecule has 0 bridgehead atoms. The van der Waals surface area contributed by atoms with Crippen LogP contribution < -0.4 is 5.56 Å². The van der Waals surface area contributed by atoms with Crippen LogP contribution in [0.3, 0.4) is 0 Å². The van der Waals surface area contributed by atoms with Crippen LogP contribution in [-0.4, -0.2) is 10.8 Å². The molecular weight excluding hydrogens is 270 g/mol. The number of benzene rings is 1. The highest BCUT2D eigenvalue weighted by Crippen LogP contribution is 2.21. The van der Waals surface area contributed by atoms with Crippen molar-refractivity contribution in [2.45, 2.75) is 13.3 Å². The molecule has 3 aromatic rings. The predicted molar refractivity (Wildman–Crippen MR) is 81.7 cm³/mol. The van der Waals surface area contributed by atoms with Gasteiger partial charge in [0.25, 0.3) is 5.56 Å². The summed E-state index contributed by atoms with van der Waals surface area (Å²) in [5.41, 5.74) is 2.09. The molecule has 0 saturated heterocycles. The highest BCUT2D eigenvalue weighted by molar-refractivity contribution is 7.12. The van der Waals surface area contributed by atoms with Crippen LogP contribution in [-0.2, 0) is 6.42 Å². The van der Waals surface area contributed by atoms with Crippen LogP contribution in [0.15, 0.2) is 46.6 Å². The topological polar surface area (TPSA) is 49.9 Å². The standard InChI is InChI=1S/C16H13NO2S/c1-10-12(9-14(18)15-7-4-8-20-15)11-5-2-3-6-13(11)17-16(10)19/h2-8H,9H2,1H3,(H,17,19). The number of Topliss-reactive ketones (excluding diaryl/α,β-unsaturated/α-hetero) is 1. The van der Waals surface area contributed by atoms with Gasteiger partial charge in [-0.05, 0) is 30.0 Å².